The lowest BCUT2D eigenvalue weighted by Crippen LogP contribution is -2.55. The molecule has 0 bridgehead atoms. The molecular formula is C27H41N5O5. The number of fused-ring (bicyclic) bond motifs is 1. The summed E-state index contributed by atoms with van der Waals surface area (Å²) in [5, 5.41) is 5.73. The Morgan fingerprint density at radius 3 is 2.43 bits per heavy atom. The van der Waals surface area contributed by atoms with Gasteiger partial charge >= 0.3 is 0 Å². The van der Waals surface area contributed by atoms with Gasteiger partial charge in [-0.2, -0.15) is 0 Å². The maximum absolute atomic E-state index is 13.5. The highest BCUT2D eigenvalue weighted by Gasteiger charge is 2.31. The lowest BCUT2D eigenvalue weighted by molar-refractivity contribution is -0.137. The topological polar surface area (TPSA) is 111 Å². The van der Waals surface area contributed by atoms with Gasteiger partial charge in [0.05, 0.1) is 12.1 Å². The summed E-state index contributed by atoms with van der Waals surface area (Å²) in [6.07, 6.45) is 0.639. The van der Waals surface area contributed by atoms with Crippen LogP contribution in [0.25, 0.3) is 0 Å². The first-order chi connectivity index (χ1) is 17.7. The Labute approximate surface area is 219 Å². The van der Waals surface area contributed by atoms with Gasteiger partial charge in [0.15, 0.2) is 0 Å². The van der Waals surface area contributed by atoms with E-state index in [1.807, 2.05) is 13.8 Å². The summed E-state index contributed by atoms with van der Waals surface area (Å²) in [6, 6.07) is 5.31. The molecule has 1 fully saturated rings. The Bertz CT molecular complexity index is 960. The van der Waals surface area contributed by atoms with E-state index in [4.69, 9.17) is 4.74 Å². The van der Waals surface area contributed by atoms with Crippen molar-refractivity contribution in [1.82, 2.24) is 25.3 Å². The summed E-state index contributed by atoms with van der Waals surface area (Å²) in [6.45, 7) is 10.2. The maximum atomic E-state index is 13.5. The third-order valence-electron chi connectivity index (χ3n) is 6.93. The van der Waals surface area contributed by atoms with E-state index in [0.717, 1.165) is 19.6 Å². The van der Waals surface area contributed by atoms with Gasteiger partial charge in [-0.05, 0) is 37.4 Å². The molecule has 204 valence electrons. The minimum Gasteiger partial charge on any atom is -0.491 e. The van der Waals surface area contributed by atoms with E-state index in [9.17, 15) is 19.2 Å². The summed E-state index contributed by atoms with van der Waals surface area (Å²) < 4.78 is 5.88. The van der Waals surface area contributed by atoms with E-state index < -0.39 is 18.0 Å². The van der Waals surface area contributed by atoms with Gasteiger partial charge in [0.2, 0.25) is 17.7 Å². The SMILES string of the molecule is CCN1CCN(C(=O)[C@@H]2CCC(=O)N[C@H](CC(C)C)C(=O)N(C)CCOc3ccccc3C(=O)N2)CC1. The molecule has 2 N–H and O–H groups in total. The third kappa shape index (κ3) is 7.92. The van der Waals surface area contributed by atoms with E-state index in [0.29, 0.717) is 37.4 Å². The average molecular weight is 516 g/mol. The van der Waals surface area contributed by atoms with Crippen LogP contribution in [0, 0.1) is 5.92 Å². The molecule has 0 spiro atoms. The molecule has 0 unspecified atom stereocenters. The van der Waals surface area contributed by atoms with Gasteiger partial charge in [-0.15, -0.1) is 0 Å². The summed E-state index contributed by atoms with van der Waals surface area (Å²) in [5.74, 6) is -0.562. The van der Waals surface area contributed by atoms with Crippen molar-refractivity contribution in [2.45, 2.75) is 52.1 Å². The highest BCUT2D eigenvalue weighted by Crippen LogP contribution is 2.19. The van der Waals surface area contributed by atoms with Gasteiger partial charge in [-0.3, -0.25) is 19.2 Å². The van der Waals surface area contributed by atoms with Crippen LogP contribution in [0.5, 0.6) is 5.75 Å². The van der Waals surface area contributed by atoms with E-state index in [2.05, 4.69) is 22.5 Å². The minimum atomic E-state index is -0.869. The Hall–Kier alpha value is -3.14. The smallest absolute Gasteiger partial charge is 0.255 e. The molecule has 0 aromatic heterocycles. The Kier molecular flexibility index (Phi) is 10.3. The fraction of sp³-hybridized carbons (Fsp3) is 0.630. The molecule has 0 aliphatic carbocycles. The number of hydrogen-bond acceptors (Lipinski definition) is 6. The van der Waals surface area contributed by atoms with Crippen molar-refractivity contribution in [3.05, 3.63) is 29.8 Å². The minimum absolute atomic E-state index is 0.00927. The van der Waals surface area contributed by atoms with Crippen molar-refractivity contribution in [2.75, 3.05) is 52.9 Å². The highest BCUT2D eigenvalue weighted by atomic mass is 16.5. The van der Waals surface area contributed by atoms with Crippen molar-refractivity contribution >= 4 is 23.6 Å². The monoisotopic (exact) mass is 515 g/mol. The first-order valence-electron chi connectivity index (χ1n) is 13.3. The third-order valence-corrected chi connectivity index (χ3v) is 6.93. The van der Waals surface area contributed by atoms with Crippen LogP contribution < -0.4 is 15.4 Å². The Morgan fingerprint density at radius 1 is 1.05 bits per heavy atom. The molecule has 1 aromatic carbocycles. The molecule has 0 radical (unpaired) electrons. The zero-order chi connectivity index (χ0) is 26.9. The van der Waals surface area contributed by atoms with Crippen LogP contribution in [0.3, 0.4) is 0 Å². The van der Waals surface area contributed by atoms with Gasteiger partial charge in [-0.1, -0.05) is 32.9 Å². The van der Waals surface area contributed by atoms with E-state index in [1.165, 1.54) is 4.90 Å². The second-order valence-electron chi connectivity index (χ2n) is 10.2. The second kappa shape index (κ2) is 13.4. The van der Waals surface area contributed by atoms with Gasteiger partial charge in [0.1, 0.15) is 24.4 Å². The van der Waals surface area contributed by atoms with Crippen molar-refractivity contribution < 1.29 is 23.9 Å². The quantitative estimate of drug-likeness (QED) is 0.622. The normalized spacial score (nSPS) is 22.9. The van der Waals surface area contributed by atoms with Crippen LogP contribution in [-0.4, -0.2) is 103 Å². The van der Waals surface area contributed by atoms with Crippen LogP contribution in [-0.2, 0) is 14.4 Å². The van der Waals surface area contributed by atoms with Gasteiger partial charge in [-0.25, -0.2) is 0 Å². The molecule has 2 heterocycles. The van der Waals surface area contributed by atoms with E-state index in [-0.39, 0.29) is 43.1 Å². The van der Waals surface area contributed by atoms with Crippen LogP contribution in [0.2, 0.25) is 0 Å². The van der Waals surface area contributed by atoms with Crippen molar-refractivity contribution in [2.24, 2.45) is 5.92 Å². The number of carbonyl (C=O) groups is 4. The highest BCUT2D eigenvalue weighted by molar-refractivity contribution is 6.00. The predicted molar refractivity (Wildman–Crippen MR) is 140 cm³/mol. The number of amides is 4. The lowest BCUT2D eigenvalue weighted by Gasteiger charge is -2.36. The first kappa shape index (κ1) is 28.4. The summed E-state index contributed by atoms with van der Waals surface area (Å²) in [5.41, 5.74) is 0.307. The number of piperazine rings is 1. The molecule has 10 nitrogen and oxygen atoms in total. The van der Waals surface area contributed by atoms with Crippen LogP contribution in [0.4, 0.5) is 0 Å². The van der Waals surface area contributed by atoms with Crippen molar-refractivity contribution in [3.8, 4) is 5.75 Å². The molecule has 3 rings (SSSR count). The van der Waals surface area contributed by atoms with Gasteiger partial charge in [0.25, 0.3) is 5.91 Å². The number of benzene rings is 1. The van der Waals surface area contributed by atoms with E-state index >= 15 is 0 Å². The Morgan fingerprint density at radius 2 is 1.76 bits per heavy atom. The van der Waals surface area contributed by atoms with Gasteiger partial charge in [0, 0.05) is 39.6 Å². The summed E-state index contributed by atoms with van der Waals surface area (Å²) in [4.78, 5) is 58.4. The molecule has 10 heteroatoms. The van der Waals surface area contributed by atoms with E-state index in [1.54, 1.807) is 36.2 Å². The largest absolute Gasteiger partial charge is 0.491 e. The number of nitrogens with zero attached hydrogens (tertiary/aromatic N) is 3. The lowest BCUT2D eigenvalue weighted by atomic mass is 10.0. The predicted octanol–water partition coefficient (Wildman–Crippen LogP) is 1.11. The zero-order valence-electron chi connectivity index (χ0n) is 22.5. The molecule has 0 saturated carbocycles. The zero-order valence-corrected chi connectivity index (χ0v) is 22.5. The number of ether oxygens (including phenoxy) is 1. The van der Waals surface area contributed by atoms with Crippen molar-refractivity contribution in [3.63, 3.8) is 0 Å². The molecule has 2 atom stereocenters. The van der Waals surface area contributed by atoms with Crippen LogP contribution >= 0.6 is 0 Å². The first-order valence-corrected chi connectivity index (χ1v) is 13.3. The molecule has 1 aromatic rings. The number of likely N-dealkylation sites (N-methyl/N-ethyl adjacent to an activating group) is 2. The van der Waals surface area contributed by atoms with Gasteiger partial charge < -0.3 is 30.1 Å². The summed E-state index contributed by atoms with van der Waals surface area (Å²) >= 11 is 0. The number of carbonyl (C=O) groups excluding carboxylic acids is 4. The summed E-state index contributed by atoms with van der Waals surface area (Å²) in [7, 11) is 1.68. The van der Waals surface area contributed by atoms with Crippen LogP contribution in [0.1, 0.15) is 50.4 Å². The number of nitrogens with one attached hydrogen (secondary N) is 2. The molecule has 4 amide bonds. The maximum Gasteiger partial charge on any atom is 0.255 e. The number of hydrogen-bond donors (Lipinski definition) is 2. The average Bonchev–Trinajstić information content (AvgIpc) is 2.89. The second-order valence-corrected chi connectivity index (χ2v) is 10.2. The number of rotatable bonds is 4. The van der Waals surface area contributed by atoms with Crippen LogP contribution in [0.15, 0.2) is 24.3 Å². The molecule has 1 saturated heterocycles. The molecular weight excluding hydrogens is 474 g/mol. The number of para-hydroxylation sites is 1. The Balaban J connectivity index is 1.85. The molecule has 2 aliphatic heterocycles. The fourth-order valence-corrected chi connectivity index (χ4v) is 4.68. The van der Waals surface area contributed by atoms with Crippen molar-refractivity contribution in [1.29, 1.82) is 0 Å². The standard InChI is InChI=1S/C27H41N5O5/c1-5-31-12-14-32(15-13-31)27(36)21-10-11-24(33)28-22(18-19(2)3)26(35)30(4)16-17-37-23-9-7-6-8-20(23)25(34)29-21/h6-9,19,21-22H,5,10-18H2,1-4H3,(H,28,33)(H,29,34)/t21-,22+/m0/s1. The molecule has 2 aliphatic rings. The fourth-order valence-electron chi connectivity index (χ4n) is 4.68. The molecule has 37 heavy (non-hydrogen) atoms.